The molecule has 0 amide bonds. The van der Waals surface area contributed by atoms with Crippen LogP contribution in [0.5, 0.6) is 0 Å². The first-order valence-corrected chi connectivity index (χ1v) is 6.91. The Balaban J connectivity index is 0.00000200. The van der Waals surface area contributed by atoms with E-state index >= 15 is 0 Å². The molecule has 11 heteroatoms. The Bertz CT molecular complexity index is 691. The summed E-state index contributed by atoms with van der Waals surface area (Å²) in [6, 6.07) is 5.09. The molecule has 1 aromatic heterocycles. The van der Waals surface area contributed by atoms with Crippen molar-refractivity contribution in [3.63, 3.8) is 0 Å². The van der Waals surface area contributed by atoms with E-state index in [1.54, 1.807) is 0 Å². The van der Waals surface area contributed by atoms with Crippen molar-refractivity contribution in [2.45, 2.75) is 4.90 Å². The second-order valence-corrected chi connectivity index (χ2v) is 5.36. The van der Waals surface area contributed by atoms with E-state index in [1.807, 2.05) is 0 Å². The fourth-order valence-corrected chi connectivity index (χ4v) is 2.05. The first-order valence-electron chi connectivity index (χ1n) is 4.75. The van der Waals surface area contributed by atoms with E-state index in [0.29, 0.717) is 5.69 Å². The molecule has 0 fully saturated rings. The minimum atomic E-state index is -4.47. The number of hydrogen-bond donors (Lipinski definition) is 1. The molecule has 0 unspecified atom stereocenters. The van der Waals surface area contributed by atoms with Gasteiger partial charge in [-0.25, -0.2) is 8.42 Å². The van der Waals surface area contributed by atoms with Crippen molar-refractivity contribution in [3.8, 4) is 0 Å². The van der Waals surface area contributed by atoms with E-state index in [4.69, 9.17) is 23.2 Å². The summed E-state index contributed by atoms with van der Waals surface area (Å²) in [6.07, 6.45) is 0. The number of benzene rings is 1. The van der Waals surface area contributed by atoms with E-state index in [1.165, 1.54) is 12.1 Å². The predicted molar refractivity (Wildman–Crippen MR) is 67.5 cm³/mol. The summed E-state index contributed by atoms with van der Waals surface area (Å²) in [7, 11) is -4.47. The Kier molecular flexibility index (Phi) is 6.14. The zero-order valence-corrected chi connectivity index (χ0v) is 14.4. The van der Waals surface area contributed by atoms with Crippen LogP contribution in [0.4, 0.5) is 11.6 Å². The Morgan fingerprint density at radius 2 is 1.50 bits per heavy atom. The molecule has 0 aliphatic rings. The number of halogens is 2. The summed E-state index contributed by atoms with van der Waals surface area (Å²) in [6.45, 7) is 0. The molecule has 20 heavy (non-hydrogen) atoms. The molecule has 100 valence electrons. The van der Waals surface area contributed by atoms with Gasteiger partial charge >= 0.3 is 29.6 Å². The quantitative estimate of drug-likeness (QED) is 0.553. The molecule has 0 spiro atoms. The molecule has 7 nitrogen and oxygen atoms in total. The number of aromatic nitrogens is 3. The van der Waals surface area contributed by atoms with E-state index < -0.39 is 10.1 Å². The molecule has 0 aliphatic carbocycles. The monoisotopic (exact) mass is 342 g/mol. The molecule has 0 saturated carbocycles. The zero-order chi connectivity index (χ0) is 14.0. The fourth-order valence-electron chi connectivity index (χ4n) is 1.22. The third-order valence-corrected chi connectivity index (χ3v) is 3.17. The van der Waals surface area contributed by atoms with Crippen LogP contribution < -0.4 is 34.9 Å². The summed E-state index contributed by atoms with van der Waals surface area (Å²) in [5.74, 6) is 0.0998. The first-order chi connectivity index (χ1) is 8.84. The molecule has 0 aliphatic heterocycles. The van der Waals surface area contributed by atoms with Gasteiger partial charge in [-0.05, 0) is 47.5 Å². The van der Waals surface area contributed by atoms with Crippen molar-refractivity contribution in [2.24, 2.45) is 0 Å². The van der Waals surface area contributed by atoms with Crippen molar-refractivity contribution in [2.75, 3.05) is 5.32 Å². The Morgan fingerprint density at radius 3 is 1.95 bits per heavy atom. The van der Waals surface area contributed by atoms with Crippen LogP contribution in [0.2, 0.25) is 10.6 Å². The van der Waals surface area contributed by atoms with Crippen molar-refractivity contribution in [1.82, 2.24) is 15.0 Å². The third kappa shape index (κ3) is 4.81. The third-order valence-electron chi connectivity index (χ3n) is 1.98. The molecular formula is C9H5Cl2N4NaO3S. The maximum atomic E-state index is 10.7. The standard InChI is InChI=1S/C9H6Cl2N4O3S.Na/c10-7-13-8(11)15-9(14-7)12-5-1-3-6(4-2-5)19(16,17)18;/h1-4H,(H,16,17,18)(H,12,13,14,15);/q;+1/p-1. The van der Waals surface area contributed by atoms with Gasteiger partial charge in [-0.2, -0.15) is 15.0 Å². The molecule has 0 radical (unpaired) electrons. The van der Waals surface area contributed by atoms with Gasteiger partial charge < -0.3 is 9.87 Å². The van der Waals surface area contributed by atoms with Crippen molar-refractivity contribution < 1.29 is 42.5 Å². The normalized spacial score (nSPS) is 10.8. The molecule has 1 heterocycles. The van der Waals surface area contributed by atoms with Crippen LogP contribution in [0.15, 0.2) is 29.2 Å². The summed E-state index contributed by atoms with van der Waals surface area (Å²) in [5, 5.41) is 2.57. The van der Waals surface area contributed by atoms with Gasteiger partial charge in [0.1, 0.15) is 10.1 Å². The molecular weight excluding hydrogens is 338 g/mol. The number of anilines is 2. The van der Waals surface area contributed by atoms with Gasteiger partial charge in [-0.1, -0.05) is 0 Å². The molecule has 0 atom stereocenters. The van der Waals surface area contributed by atoms with Gasteiger partial charge in [-0.3, -0.25) is 0 Å². The smallest absolute Gasteiger partial charge is 0.744 e. The largest absolute Gasteiger partial charge is 1.00 e. The van der Waals surface area contributed by atoms with Crippen LogP contribution in [0.25, 0.3) is 0 Å². The zero-order valence-electron chi connectivity index (χ0n) is 10.0. The minimum absolute atomic E-state index is 0. The number of rotatable bonds is 3. The van der Waals surface area contributed by atoms with E-state index in [-0.39, 0.29) is 51.0 Å². The van der Waals surface area contributed by atoms with Gasteiger partial charge in [0.25, 0.3) is 0 Å². The average molecular weight is 343 g/mol. The van der Waals surface area contributed by atoms with Crippen LogP contribution in [-0.2, 0) is 10.1 Å². The topological polar surface area (TPSA) is 108 Å². The van der Waals surface area contributed by atoms with Crippen LogP contribution in [-0.4, -0.2) is 27.9 Å². The van der Waals surface area contributed by atoms with Crippen LogP contribution in [0.3, 0.4) is 0 Å². The maximum absolute atomic E-state index is 10.7. The summed E-state index contributed by atoms with van der Waals surface area (Å²) >= 11 is 11.2. The Hall–Kier alpha value is -0.480. The van der Waals surface area contributed by atoms with Crippen molar-refractivity contribution in [1.29, 1.82) is 0 Å². The van der Waals surface area contributed by atoms with Crippen LogP contribution in [0, 0.1) is 0 Å². The van der Waals surface area contributed by atoms with Gasteiger partial charge in [0, 0.05) is 5.69 Å². The minimum Gasteiger partial charge on any atom is -0.744 e. The second-order valence-electron chi connectivity index (χ2n) is 3.30. The molecule has 1 aromatic carbocycles. The molecule has 2 rings (SSSR count). The summed E-state index contributed by atoms with van der Waals surface area (Å²) in [5.41, 5.74) is 0.464. The van der Waals surface area contributed by atoms with Crippen LogP contribution >= 0.6 is 23.2 Å². The fraction of sp³-hybridized carbons (Fsp3) is 0. The molecule has 1 N–H and O–H groups in total. The molecule has 0 saturated heterocycles. The average Bonchev–Trinajstić information content (AvgIpc) is 2.26. The number of nitrogens with one attached hydrogen (secondary N) is 1. The van der Waals surface area contributed by atoms with Crippen molar-refractivity contribution >= 4 is 45.0 Å². The van der Waals surface area contributed by atoms with Gasteiger partial charge in [0.15, 0.2) is 0 Å². The Morgan fingerprint density at radius 1 is 1.00 bits per heavy atom. The number of nitrogens with zero attached hydrogens (tertiary/aromatic N) is 3. The van der Waals surface area contributed by atoms with Gasteiger partial charge in [0.05, 0.1) is 4.90 Å². The van der Waals surface area contributed by atoms with E-state index in [2.05, 4.69) is 20.3 Å². The van der Waals surface area contributed by atoms with Crippen LogP contribution in [0.1, 0.15) is 0 Å². The summed E-state index contributed by atoms with van der Waals surface area (Å²) < 4.78 is 32.2. The molecule has 0 bridgehead atoms. The SMILES string of the molecule is O=S(=O)([O-])c1ccc(Nc2nc(Cl)nc(Cl)n2)cc1.[Na+]. The van der Waals surface area contributed by atoms with E-state index in [9.17, 15) is 13.0 Å². The van der Waals surface area contributed by atoms with Gasteiger partial charge in [-0.15, -0.1) is 0 Å². The summed E-state index contributed by atoms with van der Waals surface area (Å²) in [4.78, 5) is 10.8. The first kappa shape index (κ1) is 17.6. The Labute approximate surface area is 146 Å². The maximum Gasteiger partial charge on any atom is 1.00 e. The van der Waals surface area contributed by atoms with E-state index in [0.717, 1.165) is 12.1 Å². The number of hydrogen-bond acceptors (Lipinski definition) is 7. The van der Waals surface area contributed by atoms with Crippen molar-refractivity contribution in [3.05, 3.63) is 34.8 Å². The molecule has 2 aromatic rings. The van der Waals surface area contributed by atoms with Gasteiger partial charge in [0.2, 0.25) is 16.5 Å². The second kappa shape index (κ2) is 6.99. The predicted octanol–water partition coefficient (Wildman–Crippen LogP) is -1.17.